The number of nitrogens with one attached hydrogen (secondary N) is 2. The number of guanidine groups is 1. The van der Waals surface area contributed by atoms with Crippen LogP contribution in [0.4, 0.5) is 5.13 Å². The summed E-state index contributed by atoms with van der Waals surface area (Å²) in [6.45, 7) is 4.52. The maximum absolute atomic E-state index is 5.42. The second-order valence-corrected chi connectivity index (χ2v) is 6.91. The molecule has 0 saturated carbocycles. The average molecular weight is 503 g/mol. The van der Waals surface area contributed by atoms with E-state index in [9.17, 15) is 0 Å². The molecule has 0 radical (unpaired) electrons. The van der Waals surface area contributed by atoms with E-state index in [2.05, 4.69) is 39.0 Å². The van der Waals surface area contributed by atoms with Crippen LogP contribution in [-0.4, -0.2) is 44.9 Å². The summed E-state index contributed by atoms with van der Waals surface area (Å²) in [5.41, 5.74) is 2.18. The van der Waals surface area contributed by atoms with Crippen LogP contribution in [0.1, 0.15) is 18.2 Å². The quantitative estimate of drug-likeness (QED) is 0.344. The minimum atomic E-state index is 0. The molecule has 0 aliphatic carbocycles. The van der Waals surface area contributed by atoms with Crippen LogP contribution in [0.3, 0.4) is 0 Å². The average Bonchev–Trinajstić information content (AvgIpc) is 3.28. The number of rotatable bonds is 7. The van der Waals surface area contributed by atoms with Gasteiger partial charge in [0.2, 0.25) is 6.79 Å². The van der Waals surface area contributed by atoms with E-state index in [0.29, 0.717) is 13.3 Å². The Kier molecular flexibility index (Phi) is 8.42. The van der Waals surface area contributed by atoms with Gasteiger partial charge in [-0.25, -0.2) is 9.98 Å². The Balaban J connectivity index is 0.00000261. The molecule has 1 aromatic carbocycles. The van der Waals surface area contributed by atoms with Gasteiger partial charge in [0.1, 0.15) is 0 Å². The lowest BCUT2D eigenvalue weighted by Gasteiger charge is -2.11. The van der Waals surface area contributed by atoms with Crippen molar-refractivity contribution >= 4 is 46.4 Å². The molecule has 7 nitrogen and oxygen atoms in total. The number of aliphatic imine (C=N–C) groups is 1. The number of thiazole rings is 1. The van der Waals surface area contributed by atoms with Gasteiger partial charge < -0.3 is 25.0 Å². The lowest BCUT2D eigenvalue weighted by molar-refractivity contribution is 0.174. The first-order valence-corrected chi connectivity index (χ1v) is 9.56. The van der Waals surface area contributed by atoms with E-state index < -0.39 is 0 Å². The summed E-state index contributed by atoms with van der Waals surface area (Å²) in [7, 11) is 3.99. The smallest absolute Gasteiger partial charge is 0.231 e. The fourth-order valence-electron chi connectivity index (χ4n) is 2.50. The molecule has 0 unspecified atom stereocenters. The van der Waals surface area contributed by atoms with Crippen molar-refractivity contribution in [2.45, 2.75) is 19.9 Å². The van der Waals surface area contributed by atoms with E-state index in [0.717, 1.165) is 47.8 Å². The van der Waals surface area contributed by atoms with Crippen molar-refractivity contribution in [3.05, 3.63) is 34.8 Å². The molecule has 0 atom stereocenters. The standard InChI is InChI=1S/C18H25N5O2S.HI/c1-4-19-17(21-10-14-11-26-18(22-14)23(2)3)20-8-7-13-5-6-15-16(9-13)25-12-24-15;/h5-6,9,11H,4,7-8,10,12H2,1-3H3,(H2,19,20,21);1H. The molecule has 2 heterocycles. The molecule has 0 fully saturated rings. The Labute approximate surface area is 181 Å². The predicted molar refractivity (Wildman–Crippen MR) is 121 cm³/mol. The summed E-state index contributed by atoms with van der Waals surface area (Å²) in [6, 6.07) is 6.06. The molecule has 2 N–H and O–H groups in total. The lowest BCUT2D eigenvalue weighted by Crippen LogP contribution is -2.38. The highest BCUT2D eigenvalue weighted by Crippen LogP contribution is 2.32. The van der Waals surface area contributed by atoms with Crippen molar-refractivity contribution < 1.29 is 9.47 Å². The molecule has 27 heavy (non-hydrogen) atoms. The molecular formula is C18H26IN5O2S. The topological polar surface area (TPSA) is 71.0 Å². The number of nitrogens with zero attached hydrogens (tertiary/aromatic N) is 3. The first-order valence-electron chi connectivity index (χ1n) is 8.68. The normalized spacial score (nSPS) is 12.5. The second-order valence-electron chi connectivity index (χ2n) is 6.08. The van der Waals surface area contributed by atoms with Crippen LogP contribution < -0.4 is 25.0 Å². The van der Waals surface area contributed by atoms with Gasteiger partial charge in [-0.15, -0.1) is 35.3 Å². The van der Waals surface area contributed by atoms with Crippen molar-refractivity contribution in [2.75, 3.05) is 38.9 Å². The van der Waals surface area contributed by atoms with Crippen LogP contribution >= 0.6 is 35.3 Å². The highest BCUT2D eigenvalue weighted by Gasteiger charge is 2.13. The zero-order chi connectivity index (χ0) is 18.4. The number of halogens is 1. The van der Waals surface area contributed by atoms with Gasteiger partial charge in [0, 0.05) is 32.6 Å². The van der Waals surface area contributed by atoms with E-state index in [1.807, 2.05) is 31.1 Å². The number of anilines is 1. The van der Waals surface area contributed by atoms with Gasteiger partial charge in [-0.2, -0.15) is 0 Å². The molecule has 0 saturated heterocycles. The third kappa shape index (κ3) is 6.13. The fraction of sp³-hybridized carbons (Fsp3) is 0.444. The zero-order valence-corrected chi connectivity index (χ0v) is 19.0. The summed E-state index contributed by atoms with van der Waals surface area (Å²) in [4.78, 5) is 11.2. The molecule has 1 aromatic heterocycles. The Morgan fingerprint density at radius 2 is 2.07 bits per heavy atom. The number of fused-ring (bicyclic) bond motifs is 1. The number of hydrogen-bond donors (Lipinski definition) is 2. The number of hydrogen-bond acceptors (Lipinski definition) is 6. The molecule has 2 aromatic rings. The molecule has 3 rings (SSSR count). The lowest BCUT2D eigenvalue weighted by atomic mass is 10.1. The summed E-state index contributed by atoms with van der Waals surface area (Å²) < 4.78 is 10.8. The van der Waals surface area contributed by atoms with Crippen molar-refractivity contribution in [3.63, 3.8) is 0 Å². The minimum Gasteiger partial charge on any atom is -0.454 e. The first kappa shape index (κ1) is 21.5. The summed E-state index contributed by atoms with van der Waals surface area (Å²) in [5, 5.41) is 9.69. The predicted octanol–water partition coefficient (Wildman–Crippen LogP) is 2.85. The minimum absolute atomic E-state index is 0. The third-order valence-corrected chi connectivity index (χ3v) is 4.87. The van der Waals surface area contributed by atoms with E-state index in [4.69, 9.17) is 9.47 Å². The van der Waals surface area contributed by atoms with Crippen molar-refractivity contribution in [1.82, 2.24) is 15.6 Å². The van der Waals surface area contributed by atoms with Gasteiger partial charge in [-0.3, -0.25) is 0 Å². The summed E-state index contributed by atoms with van der Waals surface area (Å²) in [6.07, 6.45) is 0.878. The van der Waals surface area contributed by atoms with Crippen LogP contribution in [-0.2, 0) is 13.0 Å². The Morgan fingerprint density at radius 3 is 2.81 bits per heavy atom. The maximum Gasteiger partial charge on any atom is 0.231 e. The van der Waals surface area contributed by atoms with Gasteiger partial charge in [0.05, 0.1) is 12.2 Å². The molecule has 1 aliphatic heterocycles. The molecular weight excluding hydrogens is 477 g/mol. The van der Waals surface area contributed by atoms with Crippen molar-refractivity contribution in [1.29, 1.82) is 0 Å². The summed E-state index contributed by atoms with van der Waals surface area (Å²) in [5.74, 6) is 2.44. The Morgan fingerprint density at radius 1 is 1.26 bits per heavy atom. The van der Waals surface area contributed by atoms with Gasteiger partial charge in [-0.1, -0.05) is 6.07 Å². The number of aromatic nitrogens is 1. The molecule has 9 heteroatoms. The van der Waals surface area contributed by atoms with Crippen LogP contribution in [0.15, 0.2) is 28.6 Å². The molecule has 0 spiro atoms. The largest absolute Gasteiger partial charge is 0.454 e. The SMILES string of the molecule is CCNC(=NCc1csc(N(C)C)n1)NCCc1ccc2c(c1)OCO2.I. The Bertz CT molecular complexity index is 766. The monoisotopic (exact) mass is 503 g/mol. The van der Waals surface area contributed by atoms with E-state index in [-0.39, 0.29) is 24.0 Å². The van der Waals surface area contributed by atoms with Crippen LogP contribution in [0.2, 0.25) is 0 Å². The number of ether oxygens (including phenoxy) is 2. The van der Waals surface area contributed by atoms with Crippen LogP contribution in [0, 0.1) is 0 Å². The van der Waals surface area contributed by atoms with Gasteiger partial charge in [0.15, 0.2) is 22.6 Å². The molecule has 0 amide bonds. The summed E-state index contributed by atoms with van der Waals surface area (Å²) >= 11 is 1.63. The highest BCUT2D eigenvalue weighted by molar-refractivity contribution is 14.0. The van der Waals surface area contributed by atoms with E-state index in [1.165, 1.54) is 5.56 Å². The second kappa shape index (κ2) is 10.5. The molecule has 0 bridgehead atoms. The third-order valence-electron chi connectivity index (χ3n) is 3.81. The van der Waals surface area contributed by atoms with Crippen LogP contribution in [0.5, 0.6) is 11.5 Å². The Hall–Kier alpha value is -1.75. The van der Waals surface area contributed by atoms with E-state index >= 15 is 0 Å². The van der Waals surface area contributed by atoms with Gasteiger partial charge in [-0.05, 0) is 31.0 Å². The number of benzene rings is 1. The molecule has 148 valence electrons. The maximum atomic E-state index is 5.42. The fourth-order valence-corrected chi connectivity index (χ4v) is 3.25. The molecule has 1 aliphatic rings. The van der Waals surface area contributed by atoms with Gasteiger partial charge >= 0.3 is 0 Å². The van der Waals surface area contributed by atoms with Crippen LogP contribution in [0.25, 0.3) is 0 Å². The first-order chi connectivity index (χ1) is 12.7. The van der Waals surface area contributed by atoms with Crippen molar-refractivity contribution in [3.8, 4) is 11.5 Å². The highest BCUT2D eigenvalue weighted by atomic mass is 127. The zero-order valence-electron chi connectivity index (χ0n) is 15.8. The van der Waals surface area contributed by atoms with E-state index in [1.54, 1.807) is 11.3 Å². The van der Waals surface area contributed by atoms with Crippen molar-refractivity contribution in [2.24, 2.45) is 4.99 Å². The van der Waals surface area contributed by atoms with Gasteiger partial charge in [0.25, 0.3) is 0 Å².